The van der Waals surface area contributed by atoms with E-state index >= 15 is 0 Å². The second-order valence-corrected chi connectivity index (χ2v) is 3.83. The Labute approximate surface area is 99.0 Å². The Balaban J connectivity index is 2.51. The van der Waals surface area contributed by atoms with Crippen LogP contribution < -0.4 is 4.74 Å². The number of aromatic nitrogens is 2. The lowest BCUT2D eigenvalue weighted by Crippen LogP contribution is -1.92. The van der Waals surface area contributed by atoms with E-state index in [-0.39, 0.29) is 0 Å². The molecule has 1 aromatic heterocycles. The van der Waals surface area contributed by atoms with E-state index in [0.29, 0.717) is 5.15 Å². The first-order valence-electron chi connectivity index (χ1n) is 4.85. The molecule has 0 saturated heterocycles. The van der Waals surface area contributed by atoms with Crippen LogP contribution in [0.1, 0.15) is 5.56 Å². The van der Waals surface area contributed by atoms with Gasteiger partial charge in [0, 0.05) is 5.56 Å². The Morgan fingerprint density at radius 3 is 2.56 bits per heavy atom. The highest BCUT2D eigenvalue weighted by molar-refractivity contribution is 6.29. The molecule has 2 aromatic rings. The van der Waals surface area contributed by atoms with E-state index in [1.165, 1.54) is 0 Å². The molecule has 82 valence electrons. The normalized spacial score (nSPS) is 10.2. The fourth-order valence-electron chi connectivity index (χ4n) is 1.47. The largest absolute Gasteiger partial charge is 0.496 e. The number of hydrogen-bond donors (Lipinski definition) is 0. The second kappa shape index (κ2) is 4.49. The van der Waals surface area contributed by atoms with Crippen LogP contribution in [0.25, 0.3) is 11.3 Å². The summed E-state index contributed by atoms with van der Waals surface area (Å²) in [6.07, 6.45) is 0. The van der Waals surface area contributed by atoms with Crippen molar-refractivity contribution in [1.82, 2.24) is 10.2 Å². The van der Waals surface area contributed by atoms with Gasteiger partial charge in [0.25, 0.3) is 0 Å². The summed E-state index contributed by atoms with van der Waals surface area (Å²) in [6.45, 7) is 2.01. The van der Waals surface area contributed by atoms with Crippen LogP contribution in [0.2, 0.25) is 5.15 Å². The number of ether oxygens (including phenoxy) is 1. The molecular formula is C12H11ClN2O. The fraction of sp³-hybridized carbons (Fsp3) is 0.167. The van der Waals surface area contributed by atoms with Crippen molar-refractivity contribution < 1.29 is 4.74 Å². The van der Waals surface area contributed by atoms with Gasteiger partial charge < -0.3 is 4.74 Å². The lowest BCUT2D eigenvalue weighted by molar-refractivity contribution is 0.416. The lowest BCUT2D eigenvalue weighted by atomic mass is 10.1. The number of methoxy groups -OCH3 is 1. The number of halogens is 1. The highest BCUT2D eigenvalue weighted by Crippen LogP contribution is 2.29. The van der Waals surface area contributed by atoms with Crippen molar-refractivity contribution >= 4 is 11.6 Å². The predicted molar refractivity (Wildman–Crippen MR) is 63.8 cm³/mol. The molecule has 0 aliphatic carbocycles. The van der Waals surface area contributed by atoms with Crippen LogP contribution >= 0.6 is 11.6 Å². The maximum Gasteiger partial charge on any atom is 0.151 e. The highest BCUT2D eigenvalue weighted by Gasteiger charge is 2.07. The highest BCUT2D eigenvalue weighted by atomic mass is 35.5. The van der Waals surface area contributed by atoms with Gasteiger partial charge >= 0.3 is 0 Å². The van der Waals surface area contributed by atoms with Crippen molar-refractivity contribution in [2.75, 3.05) is 7.11 Å². The summed E-state index contributed by atoms with van der Waals surface area (Å²) >= 11 is 5.69. The van der Waals surface area contributed by atoms with Gasteiger partial charge in [-0.05, 0) is 36.8 Å². The maximum absolute atomic E-state index is 5.69. The first-order valence-corrected chi connectivity index (χ1v) is 5.23. The molecule has 0 N–H and O–H groups in total. The van der Waals surface area contributed by atoms with Gasteiger partial charge in [-0.2, -0.15) is 0 Å². The summed E-state index contributed by atoms with van der Waals surface area (Å²) < 4.78 is 5.31. The predicted octanol–water partition coefficient (Wildman–Crippen LogP) is 3.11. The average molecular weight is 235 g/mol. The number of aryl methyl sites for hydroxylation is 1. The molecule has 0 aliphatic heterocycles. The van der Waals surface area contributed by atoms with E-state index < -0.39 is 0 Å². The summed E-state index contributed by atoms with van der Waals surface area (Å²) in [5, 5.41) is 8.22. The van der Waals surface area contributed by atoms with Crippen molar-refractivity contribution in [3.63, 3.8) is 0 Å². The van der Waals surface area contributed by atoms with Gasteiger partial charge in [-0.15, -0.1) is 10.2 Å². The van der Waals surface area contributed by atoms with Gasteiger partial charge in [-0.3, -0.25) is 0 Å². The minimum atomic E-state index is 0.384. The summed E-state index contributed by atoms with van der Waals surface area (Å²) in [7, 11) is 1.64. The third kappa shape index (κ3) is 2.14. The molecule has 3 nitrogen and oxygen atoms in total. The van der Waals surface area contributed by atoms with Crippen molar-refractivity contribution in [1.29, 1.82) is 0 Å². The molecule has 0 unspecified atom stereocenters. The summed E-state index contributed by atoms with van der Waals surface area (Å²) in [4.78, 5) is 0. The molecule has 0 radical (unpaired) electrons. The fourth-order valence-corrected chi connectivity index (χ4v) is 1.57. The molecule has 4 heteroatoms. The molecule has 1 aromatic carbocycles. The van der Waals surface area contributed by atoms with Gasteiger partial charge in [-0.25, -0.2) is 0 Å². The van der Waals surface area contributed by atoms with Crippen molar-refractivity contribution in [3.05, 3.63) is 41.0 Å². The molecular weight excluding hydrogens is 224 g/mol. The summed E-state index contributed by atoms with van der Waals surface area (Å²) in [5.74, 6) is 0.789. The second-order valence-electron chi connectivity index (χ2n) is 3.45. The molecule has 0 bridgehead atoms. The number of nitrogens with zero attached hydrogens (tertiary/aromatic N) is 2. The van der Waals surface area contributed by atoms with Crippen LogP contribution in [-0.4, -0.2) is 17.3 Å². The van der Waals surface area contributed by atoms with Crippen LogP contribution in [0, 0.1) is 6.92 Å². The molecule has 0 fully saturated rings. The van der Waals surface area contributed by atoms with E-state index in [9.17, 15) is 0 Å². The third-order valence-corrected chi connectivity index (χ3v) is 2.47. The van der Waals surface area contributed by atoms with E-state index in [0.717, 1.165) is 22.6 Å². The van der Waals surface area contributed by atoms with Crippen molar-refractivity contribution in [3.8, 4) is 17.0 Å². The molecule has 1 heterocycles. The van der Waals surface area contributed by atoms with Gasteiger partial charge in [0.1, 0.15) is 5.75 Å². The molecule has 16 heavy (non-hydrogen) atoms. The zero-order chi connectivity index (χ0) is 11.5. The van der Waals surface area contributed by atoms with Crippen LogP contribution in [0.5, 0.6) is 5.75 Å². The summed E-state index contributed by atoms with van der Waals surface area (Å²) in [6, 6.07) is 9.47. The zero-order valence-electron chi connectivity index (χ0n) is 9.07. The lowest BCUT2D eigenvalue weighted by Gasteiger charge is -2.08. The Morgan fingerprint density at radius 1 is 1.12 bits per heavy atom. The molecule has 0 aliphatic rings. The number of rotatable bonds is 2. The zero-order valence-corrected chi connectivity index (χ0v) is 9.82. The molecule has 0 spiro atoms. The third-order valence-electron chi connectivity index (χ3n) is 2.26. The molecule has 0 saturated carbocycles. The number of hydrogen-bond acceptors (Lipinski definition) is 3. The van der Waals surface area contributed by atoms with E-state index in [4.69, 9.17) is 16.3 Å². The van der Waals surface area contributed by atoms with E-state index in [1.807, 2.05) is 31.2 Å². The standard InChI is InChI=1S/C12H11ClN2O/c1-8-3-4-9(11(7-8)16-2)10-5-6-12(13)15-14-10/h3-7H,1-2H3. The van der Waals surface area contributed by atoms with Crippen LogP contribution in [0.4, 0.5) is 0 Å². The smallest absolute Gasteiger partial charge is 0.151 e. The molecule has 2 rings (SSSR count). The maximum atomic E-state index is 5.69. The minimum Gasteiger partial charge on any atom is -0.496 e. The Hall–Kier alpha value is -1.61. The average Bonchev–Trinajstić information content (AvgIpc) is 2.30. The Morgan fingerprint density at radius 2 is 1.94 bits per heavy atom. The van der Waals surface area contributed by atoms with Gasteiger partial charge in [-0.1, -0.05) is 17.7 Å². The SMILES string of the molecule is COc1cc(C)ccc1-c1ccc(Cl)nn1. The first-order chi connectivity index (χ1) is 7.70. The first kappa shape index (κ1) is 10.9. The van der Waals surface area contributed by atoms with Crippen LogP contribution in [0.15, 0.2) is 30.3 Å². The molecule has 0 atom stereocenters. The quantitative estimate of drug-likeness (QED) is 0.801. The topological polar surface area (TPSA) is 35.0 Å². The van der Waals surface area contributed by atoms with E-state index in [1.54, 1.807) is 13.2 Å². The van der Waals surface area contributed by atoms with Crippen LogP contribution in [-0.2, 0) is 0 Å². The number of benzene rings is 1. The monoisotopic (exact) mass is 234 g/mol. The Kier molecular flexibility index (Phi) is 3.06. The Bertz CT molecular complexity index is 497. The van der Waals surface area contributed by atoms with Crippen molar-refractivity contribution in [2.45, 2.75) is 6.92 Å². The van der Waals surface area contributed by atoms with Gasteiger partial charge in [0.15, 0.2) is 5.15 Å². The minimum absolute atomic E-state index is 0.384. The van der Waals surface area contributed by atoms with Gasteiger partial charge in [0.05, 0.1) is 12.8 Å². The summed E-state index contributed by atoms with van der Waals surface area (Å²) in [5.41, 5.74) is 2.81. The van der Waals surface area contributed by atoms with Crippen LogP contribution in [0.3, 0.4) is 0 Å². The van der Waals surface area contributed by atoms with Gasteiger partial charge in [0.2, 0.25) is 0 Å². The van der Waals surface area contributed by atoms with E-state index in [2.05, 4.69) is 10.2 Å². The van der Waals surface area contributed by atoms with Crippen molar-refractivity contribution in [2.24, 2.45) is 0 Å². The molecule has 0 amide bonds.